The van der Waals surface area contributed by atoms with Crippen LogP contribution in [0.15, 0.2) is 49.4 Å². The third-order valence-corrected chi connectivity index (χ3v) is 13.5. The van der Waals surface area contributed by atoms with Crippen LogP contribution in [0.5, 0.6) is 17.5 Å². The first-order valence-electron chi connectivity index (χ1n) is 24.3. The molecule has 5 atom stereocenters. The Hall–Kier alpha value is -8.13. The van der Waals surface area contributed by atoms with Crippen LogP contribution in [0.4, 0.5) is 41.6 Å². The number of hydrogen-bond donors (Lipinski definition) is 4. The molecule has 0 radical (unpaired) electrons. The van der Waals surface area contributed by atoms with Crippen molar-refractivity contribution in [3.8, 4) is 17.5 Å². The van der Waals surface area contributed by atoms with Gasteiger partial charge in [-0.25, -0.2) is 43.3 Å². The van der Waals surface area contributed by atoms with Crippen LogP contribution in [0.2, 0.25) is 0 Å². The second-order valence-electron chi connectivity index (χ2n) is 18.7. The van der Waals surface area contributed by atoms with Crippen LogP contribution in [0.25, 0.3) is 0 Å². The van der Waals surface area contributed by atoms with E-state index < -0.39 is 12.2 Å². The molecule has 2 aliphatic carbocycles. The van der Waals surface area contributed by atoms with Crippen LogP contribution < -0.4 is 40.0 Å². The number of anilines is 4. The first-order chi connectivity index (χ1) is 36.2. The van der Waals surface area contributed by atoms with Crippen LogP contribution >= 0.6 is 0 Å². The fourth-order valence-corrected chi connectivity index (χ4v) is 9.71. The van der Waals surface area contributed by atoms with Crippen molar-refractivity contribution in [1.29, 1.82) is 0 Å². The number of hydrogen-bond acceptors (Lipinski definition) is 18. The summed E-state index contributed by atoms with van der Waals surface area (Å²) < 4.78 is 58.2. The van der Waals surface area contributed by atoms with E-state index in [4.69, 9.17) is 33.6 Å². The van der Waals surface area contributed by atoms with Crippen LogP contribution in [0.3, 0.4) is 0 Å². The highest BCUT2D eigenvalue weighted by Crippen LogP contribution is 2.34. The molecular formula is C49H55F2N13O11. The highest BCUT2D eigenvalue weighted by Gasteiger charge is 2.37. The van der Waals surface area contributed by atoms with Crippen molar-refractivity contribution in [3.05, 3.63) is 89.0 Å². The van der Waals surface area contributed by atoms with E-state index in [0.29, 0.717) is 70.0 Å². The molecular weight excluding hydrogens is 985 g/mol. The molecule has 2 fully saturated rings. The number of amides is 4. The minimum atomic E-state index is -0.518. The molecule has 8 heterocycles. The maximum atomic E-state index is 14.9. The van der Waals surface area contributed by atoms with Crippen molar-refractivity contribution >= 4 is 53.7 Å². The van der Waals surface area contributed by atoms with Crippen molar-refractivity contribution in [2.45, 2.75) is 95.7 Å². The van der Waals surface area contributed by atoms with Crippen LogP contribution in [-0.2, 0) is 56.1 Å². The quantitative estimate of drug-likeness (QED) is 0.109. The zero-order valence-electron chi connectivity index (χ0n) is 41.2. The number of carbonyl (C=O) groups excluding carboxylic acids is 4. The fraction of sp³-hybridized carbons (Fsp3) is 0.449. The number of nitrogens with one attached hydrogen (secondary N) is 3. The lowest BCUT2D eigenvalue weighted by atomic mass is 10.1. The molecule has 0 saturated carbocycles. The Kier molecular flexibility index (Phi) is 15.8. The molecule has 24 nitrogen and oxygen atoms in total. The Labute approximate surface area is 428 Å². The number of likely N-dealkylation sites (N-methyl/N-ethyl adjacent to an activating group) is 1. The van der Waals surface area contributed by atoms with Gasteiger partial charge >= 0.3 is 12.2 Å². The van der Waals surface area contributed by atoms with E-state index in [-0.39, 0.29) is 103 Å². The third-order valence-electron chi connectivity index (χ3n) is 13.5. The number of carbonyl (C=O) groups is 5. The van der Waals surface area contributed by atoms with Crippen molar-refractivity contribution in [2.75, 3.05) is 66.9 Å². The van der Waals surface area contributed by atoms with Gasteiger partial charge in [-0.05, 0) is 94.2 Å². The second-order valence-corrected chi connectivity index (χ2v) is 18.7. The molecule has 75 heavy (non-hydrogen) atoms. The van der Waals surface area contributed by atoms with Gasteiger partial charge in [0.1, 0.15) is 36.2 Å². The number of ether oxygens (including phenoxy) is 5. The number of fused-ring (bicyclic) bond motifs is 4. The average molecular weight is 1040 g/mol. The Morgan fingerprint density at radius 1 is 0.853 bits per heavy atom. The molecule has 11 rings (SSSR count). The molecule has 5 aromatic rings. The van der Waals surface area contributed by atoms with Crippen molar-refractivity contribution < 1.29 is 61.5 Å². The predicted molar refractivity (Wildman–Crippen MR) is 261 cm³/mol. The number of benzene rings is 1. The number of aromatic nitrogens is 7. The molecule has 396 valence electrons. The third kappa shape index (κ3) is 12.3. The first-order valence-corrected chi connectivity index (χ1v) is 24.3. The molecule has 1 aromatic carbocycles. The normalized spacial score (nSPS) is 20.3. The number of aryl methyl sites for hydroxylation is 1. The van der Waals surface area contributed by atoms with E-state index in [1.807, 2.05) is 30.8 Å². The minimum absolute atomic E-state index is 0.112. The van der Waals surface area contributed by atoms with Crippen LogP contribution in [-0.4, -0.2) is 152 Å². The number of imidazole rings is 1. The summed E-state index contributed by atoms with van der Waals surface area (Å²) >= 11 is 0. The number of pyridine rings is 1. The van der Waals surface area contributed by atoms with Gasteiger partial charge in [0.05, 0.1) is 44.6 Å². The molecule has 4 aromatic heterocycles. The summed E-state index contributed by atoms with van der Waals surface area (Å²) in [7, 11) is 2.00. The summed E-state index contributed by atoms with van der Waals surface area (Å²) in [5, 5.41) is 15.6. The van der Waals surface area contributed by atoms with E-state index in [1.165, 1.54) is 34.5 Å². The molecule has 4 amide bonds. The standard InChI is InChI=1S/C26H28FN7O5.C22H25FN6O4.CH2O2/c1-32(17-8-16-9-19(11-21(27)20(16)10-17)37-7-6-33-5-3-28-15-33)4-2-18-13-34(26(36)39-18)22-12-29-25-24(30-22)31-23(35)14-38-25;1-11(26-13-5-15-12(2)24-7-17(23)16(15)6-13)3-4-14-9-29(22(31)33-14)18-8-25-21-20(27-18)28-19(30)10-32-21;2-1-3/h3,5,9,11-12,15,17-18H,2,4,6-8,10,13-14H2,1H3,(H,30,31,35);7-8,11,13-14,26H,3-6,9-10H2,1-2H3,(H,27,28,30);1H,(H,2,3). The summed E-state index contributed by atoms with van der Waals surface area (Å²) in [5.74, 6) is 0.794. The summed E-state index contributed by atoms with van der Waals surface area (Å²) in [4.78, 5) is 86.3. The van der Waals surface area contributed by atoms with Gasteiger partial charge in [0.2, 0.25) is 0 Å². The van der Waals surface area contributed by atoms with Gasteiger partial charge in [-0.3, -0.25) is 29.2 Å². The van der Waals surface area contributed by atoms with Gasteiger partial charge in [-0.1, -0.05) is 0 Å². The highest BCUT2D eigenvalue weighted by molar-refractivity contribution is 5.95. The monoisotopic (exact) mass is 1040 g/mol. The summed E-state index contributed by atoms with van der Waals surface area (Å²) in [6, 6.07) is 3.87. The lowest BCUT2D eigenvalue weighted by molar-refractivity contribution is -0.123. The van der Waals surface area contributed by atoms with Gasteiger partial charge in [0.25, 0.3) is 30.0 Å². The Morgan fingerprint density at radius 2 is 1.48 bits per heavy atom. The van der Waals surface area contributed by atoms with Crippen LogP contribution in [0.1, 0.15) is 54.1 Å². The van der Waals surface area contributed by atoms with E-state index in [9.17, 15) is 28.0 Å². The second kappa shape index (κ2) is 23.0. The van der Waals surface area contributed by atoms with Crippen molar-refractivity contribution in [3.63, 3.8) is 0 Å². The zero-order chi connectivity index (χ0) is 52.8. The Bertz CT molecular complexity index is 2910. The van der Waals surface area contributed by atoms with E-state index in [2.05, 4.69) is 57.7 Å². The molecule has 5 unspecified atom stereocenters. The van der Waals surface area contributed by atoms with Gasteiger partial charge in [-0.2, -0.15) is 0 Å². The number of cyclic esters (lactones) is 2. The van der Waals surface area contributed by atoms with Crippen LogP contribution in [0, 0.1) is 18.6 Å². The minimum Gasteiger partial charge on any atom is -0.492 e. The van der Waals surface area contributed by atoms with Gasteiger partial charge in [0.15, 0.2) is 36.5 Å². The number of halogens is 2. The highest BCUT2D eigenvalue weighted by atomic mass is 19.1. The molecule has 4 N–H and O–H groups in total. The van der Waals surface area contributed by atoms with E-state index in [1.54, 1.807) is 12.5 Å². The van der Waals surface area contributed by atoms with Gasteiger partial charge in [0, 0.05) is 48.8 Å². The molecule has 0 bridgehead atoms. The lowest BCUT2D eigenvalue weighted by Crippen LogP contribution is -2.37. The summed E-state index contributed by atoms with van der Waals surface area (Å²) in [6.45, 7) is 5.90. The van der Waals surface area contributed by atoms with Gasteiger partial charge < -0.3 is 54.2 Å². The topological polar surface area (TPSA) is 280 Å². The number of carboxylic acid groups (broad SMARTS) is 1. The number of rotatable bonds is 15. The average Bonchev–Trinajstić information content (AvgIpc) is 4.26. The van der Waals surface area contributed by atoms with E-state index >= 15 is 0 Å². The predicted octanol–water partition coefficient (Wildman–Crippen LogP) is 3.64. The lowest BCUT2D eigenvalue weighted by Gasteiger charge is -2.25. The Balaban J connectivity index is 0.000000177. The molecule has 4 aliphatic heterocycles. The number of nitrogens with zero attached hydrogens (tertiary/aromatic N) is 10. The smallest absolute Gasteiger partial charge is 0.415 e. The van der Waals surface area contributed by atoms with Crippen molar-refractivity contribution in [2.24, 2.45) is 0 Å². The maximum absolute atomic E-state index is 14.9. The molecule has 26 heteroatoms. The maximum Gasteiger partial charge on any atom is 0.415 e. The summed E-state index contributed by atoms with van der Waals surface area (Å²) in [6.07, 6.45) is 12.6. The molecule has 2 saturated heterocycles. The van der Waals surface area contributed by atoms with Gasteiger partial charge in [-0.15, -0.1) is 0 Å². The SMILES string of the molecule is CN(CCC1CN(c2cnc3c(n2)NC(=O)CO3)C(=O)O1)C1Cc2cc(OCCn3ccnc3)cc(F)c2C1.Cc1ncc(F)c2c1CC(NC(C)CCC1CN(c3cnc4c(n3)NC(=O)CO4)C(=O)O1)C2.O=CO. The fourth-order valence-electron chi connectivity index (χ4n) is 9.71. The van der Waals surface area contributed by atoms with E-state index in [0.717, 1.165) is 47.2 Å². The zero-order valence-corrected chi connectivity index (χ0v) is 41.2. The molecule has 0 spiro atoms. The molecule has 6 aliphatic rings. The summed E-state index contributed by atoms with van der Waals surface area (Å²) in [5.41, 5.74) is 4.35. The largest absolute Gasteiger partial charge is 0.492 e. The Morgan fingerprint density at radius 3 is 2.09 bits per heavy atom. The first kappa shape index (κ1) is 51.8. The van der Waals surface area contributed by atoms with Crippen molar-refractivity contribution in [1.82, 2.24) is 44.7 Å².